The molecule has 2 aromatic rings. The maximum Gasteiger partial charge on any atom is 0.254 e. The van der Waals surface area contributed by atoms with Crippen molar-refractivity contribution in [1.82, 2.24) is 5.32 Å². The first kappa shape index (κ1) is 16.3. The number of rotatable bonds is 2. The zero-order valence-corrected chi connectivity index (χ0v) is 14.0. The van der Waals surface area contributed by atoms with Gasteiger partial charge in [-0.25, -0.2) is 4.39 Å². The molecule has 126 valence electrons. The van der Waals surface area contributed by atoms with Gasteiger partial charge in [0, 0.05) is 17.7 Å². The molecule has 2 aromatic carbocycles. The Morgan fingerprint density at radius 2 is 2.04 bits per heavy atom. The summed E-state index contributed by atoms with van der Waals surface area (Å²) in [4.78, 5) is 12.6. The molecule has 0 spiro atoms. The standard InChI is InChI=1S/C19H21FN2O2/c1-11-4-6-15(20)13(8-11)18(23)22-16-10-19(2,3)24-17-7-5-12(21)9-14(16)17/h4-9,16H,10,21H2,1-3H3,(H,22,23). The second-order valence-electron chi connectivity index (χ2n) is 6.87. The predicted molar refractivity (Wildman–Crippen MR) is 91.5 cm³/mol. The summed E-state index contributed by atoms with van der Waals surface area (Å²) in [6.45, 7) is 5.74. The largest absolute Gasteiger partial charge is 0.487 e. The van der Waals surface area contributed by atoms with Gasteiger partial charge in [0.1, 0.15) is 17.2 Å². The Morgan fingerprint density at radius 1 is 1.29 bits per heavy atom. The Balaban J connectivity index is 1.93. The summed E-state index contributed by atoms with van der Waals surface area (Å²) >= 11 is 0. The van der Waals surface area contributed by atoms with E-state index in [0.29, 0.717) is 17.9 Å². The zero-order chi connectivity index (χ0) is 17.5. The highest BCUT2D eigenvalue weighted by Gasteiger charge is 2.35. The molecule has 0 fully saturated rings. The van der Waals surface area contributed by atoms with Gasteiger partial charge in [-0.2, -0.15) is 0 Å². The van der Waals surface area contributed by atoms with E-state index in [2.05, 4.69) is 5.32 Å². The minimum Gasteiger partial charge on any atom is -0.487 e. The van der Waals surface area contributed by atoms with Crippen molar-refractivity contribution >= 4 is 11.6 Å². The molecule has 0 aromatic heterocycles. The van der Waals surface area contributed by atoms with Gasteiger partial charge in [-0.05, 0) is 51.1 Å². The van der Waals surface area contributed by atoms with Crippen molar-refractivity contribution in [3.05, 3.63) is 58.9 Å². The number of halogens is 1. The van der Waals surface area contributed by atoms with Crippen molar-refractivity contribution in [3.8, 4) is 5.75 Å². The van der Waals surface area contributed by atoms with Gasteiger partial charge in [0.15, 0.2) is 0 Å². The quantitative estimate of drug-likeness (QED) is 0.825. The van der Waals surface area contributed by atoms with Crippen LogP contribution in [0.3, 0.4) is 0 Å². The maximum absolute atomic E-state index is 14.0. The van der Waals surface area contributed by atoms with Crippen LogP contribution in [0.2, 0.25) is 0 Å². The van der Waals surface area contributed by atoms with Crippen LogP contribution in [-0.2, 0) is 0 Å². The molecule has 3 rings (SSSR count). The molecule has 0 saturated carbocycles. The number of hydrogen-bond donors (Lipinski definition) is 2. The Kier molecular flexibility index (Phi) is 3.95. The van der Waals surface area contributed by atoms with Crippen LogP contribution in [0.1, 0.15) is 47.8 Å². The normalized spacial score (nSPS) is 18.4. The van der Waals surface area contributed by atoms with E-state index < -0.39 is 17.3 Å². The SMILES string of the molecule is Cc1ccc(F)c(C(=O)NC2CC(C)(C)Oc3ccc(N)cc32)c1. The molecular weight excluding hydrogens is 307 g/mol. The van der Waals surface area contributed by atoms with Crippen molar-refractivity contribution < 1.29 is 13.9 Å². The van der Waals surface area contributed by atoms with Crippen molar-refractivity contribution in [2.24, 2.45) is 0 Å². The monoisotopic (exact) mass is 328 g/mol. The van der Waals surface area contributed by atoms with E-state index in [0.717, 1.165) is 11.1 Å². The van der Waals surface area contributed by atoms with Gasteiger partial charge in [0.25, 0.3) is 5.91 Å². The lowest BCUT2D eigenvalue weighted by Gasteiger charge is -2.38. The zero-order valence-electron chi connectivity index (χ0n) is 14.0. The first-order chi connectivity index (χ1) is 11.2. The highest BCUT2D eigenvalue weighted by Crippen LogP contribution is 2.40. The number of benzene rings is 2. The molecule has 4 nitrogen and oxygen atoms in total. The fourth-order valence-corrected chi connectivity index (χ4v) is 3.05. The van der Waals surface area contributed by atoms with Crippen LogP contribution in [0.4, 0.5) is 10.1 Å². The van der Waals surface area contributed by atoms with Gasteiger partial charge in [0.2, 0.25) is 0 Å². The van der Waals surface area contributed by atoms with E-state index >= 15 is 0 Å². The van der Waals surface area contributed by atoms with E-state index in [4.69, 9.17) is 10.5 Å². The summed E-state index contributed by atoms with van der Waals surface area (Å²) in [5.74, 6) is -0.278. The van der Waals surface area contributed by atoms with Crippen molar-refractivity contribution in [2.45, 2.75) is 38.8 Å². The first-order valence-corrected chi connectivity index (χ1v) is 7.91. The van der Waals surface area contributed by atoms with Gasteiger partial charge in [-0.15, -0.1) is 0 Å². The minimum atomic E-state index is -0.530. The molecule has 5 heteroatoms. The van der Waals surface area contributed by atoms with Gasteiger partial charge in [0.05, 0.1) is 11.6 Å². The van der Waals surface area contributed by atoms with Crippen LogP contribution in [0.5, 0.6) is 5.75 Å². The molecule has 0 bridgehead atoms. The predicted octanol–water partition coefficient (Wildman–Crippen LogP) is 3.75. The third-order valence-corrected chi connectivity index (χ3v) is 4.16. The lowest BCUT2D eigenvalue weighted by Crippen LogP contribution is -2.41. The number of hydrogen-bond acceptors (Lipinski definition) is 3. The Bertz CT molecular complexity index is 802. The molecule has 0 radical (unpaired) electrons. The van der Waals surface area contributed by atoms with Crippen LogP contribution >= 0.6 is 0 Å². The Hall–Kier alpha value is -2.56. The third-order valence-electron chi connectivity index (χ3n) is 4.16. The van der Waals surface area contributed by atoms with Gasteiger partial charge in [-0.3, -0.25) is 4.79 Å². The average molecular weight is 328 g/mol. The number of fused-ring (bicyclic) bond motifs is 1. The fraction of sp³-hybridized carbons (Fsp3) is 0.316. The van der Waals surface area contributed by atoms with Crippen LogP contribution < -0.4 is 15.8 Å². The smallest absolute Gasteiger partial charge is 0.254 e. The number of amides is 1. The topological polar surface area (TPSA) is 64.3 Å². The number of anilines is 1. The number of carbonyl (C=O) groups is 1. The van der Waals surface area contributed by atoms with Crippen LogP contribution in [0.25, 0.3) is 0 Å². The van der Waals surface area contributed by atoms with Gasteiger partial charge in [-0.1, -0.05) is 11.6 Å². The summed E-state index contributed by atoms with van der Waals surface area (Å²) in [7, 11) is 0. The van der Waals surface area contributed by atoms with Crippen LogP contribution in [0, 0.1) is 12.7 Å². The summed E-state index contributed by atoms with van der Waals surface area (Å²) in [6, 6.07) is 9.57. The Labute approximate surface area is 140 Å². The number of nitrogen functional groups attached to an aromatic ring is 1. The molecule has 1 aliphatic rings. The Morgan fingerprint density at radius 3 is 2.79 bits per heavy atom. The number of nitrogens with two attached hydrogens (primary N) is 1. The van der Waals surface area contributed by atoms with Crippen LogP contribution in [-0.4, -0.2) is 11.5 Å². The first-order valence-electron chi connectivity index (χ1n) is 7.91. The van der Waals surface area contributed by atoms with Crippen LogP contribution in [0.15, 0.2) is 36.4 Å². The summed E-state index contributed by atoms with van der Waals surface area (Å²) < 4.78 is 19.9. The number of aryl methyl sites for hydroxylation is 1. The molecule has 24 heavy (non-hydrogen) atoms. The van der Waals surface area contributed by atoms with E-state index in [1.807, 2.05) is 20.8 Å². The summed E-state index contributed by atoms with van der Waals surface area (Å²) in [5.41, 5.74) is 7.72. The number of ether oxygens (including phenoxy) is 1. The summed E-state index contributed by atoms with van der Waals surface area (Å²) in [5, 5.41) is 2.93. The van der Waals surface area contributed by atoms with E-state index in [1.54, 1.807) is 30.3 Å². The number of nitrogens with one attached hydrogen (secondary N) is 1. The second kappa shape index (κ2) is 5.82. The molecule has 1 aliphatic heterocycles. The molecule has 1 amide bonds. The molecule has 0 aliphatic carbocycles. The minimum absolute atomic E-state index is 0.0461. The molecule has 1 unspecified atom stereocenters. The molecule has 3 N–H and O–H groups in total. The maximum atomic E-state index is 14.0. The van der Waals surface area contributed by atoms with Crippen molar-refractivity contribution in [3.63, 3.8) is 0 Å². The molecule has 0 saturated heterocycles. The molecule has 1 atom stereocenters. The second-order valence-corrected chi connectivity index (χ2v) is 6.87. The highest BCUT2D eigenvalue weighted by molar-refractivity contribution is 5.95. The fourth-order valence-electron chi connectivity index (χ4n) is 3.05. The van der Waals surface area contributed by atoms with Crippen molar-refractivity contribution in [2.75, 3.05) is 5.73 Å². The van der Waals surface area contributed by atoms with Gasteiger partial charge >= 0.3 is 0 Å². The average Bonchev–Trinajstić information content (AvgIpc) is 2.49. The highest BCUT2D eigenvalue weighted by atomic mass is 19.1. The van der Waals surface area contributed by atoms with Crippen molar-refractivity contribution in [1.29, 1.82) is 0 Å². The van der Waals surface area contributed by atoms with E-state index in [1.165, 1.54) is 6.07 Å². The molecule has 1 heterocycles. The molecular formula is C19H21FN2O2. The summed E-state index contributed by atoms with van der Waals surface area (Å²) in [6.07, 6.45) is 0.572. The lowest BCUT2D eigenvalue weighted by molar-refractivity contribution is 0.0619. The van der Waals surface area contributed by atoms with E-state index in [-0.39, 0.29) is 11.6 Å². The number of carbonyl (C=O) groups excluding carboxylic acids is 1. The van der Waals surface area contributed by atoms with Gasteiger partial charge < -0.3 is 15.8 Å². The lowest BCUT2D eigenvalue weighted by atomic mass is 9.89. The third kappa shape index (κ3) is 3.20. The van der Waals surface area contributed by atoms with E-state index in [9.17, 15) is 9.18 Å².